The van der Waals surface area contributed by atoms with E-state index in [0.29, 0.717) is 5.56 Å². The number of carbonyl (C=O) groups is 1. The van der Waals surface area contributed by atoms with Crippen molar-refractivity contribution in [2.75, 3.05) is 0 Å². The number of aryl methyl sites for hydroxylation is 2. The molecule has 114 valence electrons. The third-order valence-corrected chi connectivity index (χ3v) is 4.42. The van der Waals surface area contributed by atoms with E-state index in [0.717, 1.165) is 30.0 Å². The quantitative estimate of drug-likeness (QED) is 0.508. The SMILES string of the molecule is NC(=Nc1cccs1)NC(=O)c1cnc2c(c1)CCCCC2. The Morgan fingerprint density at radius 1 is 1.32 bits per heavy atom. The fraction of sp³-hybridized carbons (Fsp3) is 0.312. The average Bonchev–Trinajstić information content (AvgIpc) is 2.89. The molecule has 0 atom stereocenters. The highest BCUT2D eigenvalue weighted by atomic mass is 32.1. The van der Waals surface area contributed by atoms with Gasteiger partial charge in [-0.2, -0.15) is 0 Å². The second kappa shape index (κ2) is 6.70. The summed E-state index contributed by atoms with van der Waals surface area (Å²) in [6.07, 6.45) is 7.16. The van der Waals surface area contributed by atoms with Crippen LogP contribution in [-0.2, 0) is 12.8 Å². The van der Waals surface area contributed by atoms with Crippen LogP contribution in [0.3, 0.4) is 0 Å². The number of nitrogens with zero attached hydrogens (tertiary/aromatic N) is 2. The summed E-state index contributed by atoms with van der Waals surface area (Å²) in [6, 6.07) is 5.66. The number of carbonyl (C=O) groups excluding carboxylic acids is 1. The van der Waals surface area contributed by atoms with Crippen LogP contribution in [0.4, 0.5) is 5.00 Å². The highest BCUT2D eigenvalue weighted by molar-refractivity contribution is 7.13. The van der Waals surface area contributed by atoms with Gasteiger partial charge in [-0.1, -0.05) is 6.42 Å². The second-order valence-electron chi connectivity index (χ2n) is 5.29. The van der Waals surface area contributed by atoms with Crippen molar-refractivity contribution in [2.24, 2.45) is 10.7 Å². The molecule has 3 N–H and O–H groups in total. The number of hydrogen-bond acceptors (Lipinski definition) is 4. The molecule has 0 bridgehead atoms. The van der Waals surface area contributed by atoms with Gasteiger partial charge in [0.2, 0.25) is 5.96 Å². The van der Waals surface area contributed by atoms with Crippen LogP contribution in [0, 0.1) is 0 Å². The first-order valence-electron chi connectivity index (χ1n) is 7.39. The number of pyridine rings is 1. The van der Waals surface area contributed by atoms with Crippen molar-refractivity contribution < 1.29 is 4.79 Å². The lowest BCUT2D eigenvalue weighted by Crippen LogP contribution is -2.36. The van der Waals surface area contributed by atoms with Crippen molar-refractivity contribution in [3.05, 3.63) is 46.6 Å². The van der Waals surface area contributed by atoms with E-state index >= 15 is 0 Å². The fourth-order valence-corrected chi connectivity index (χ4v) is 3.16. The number of nitrogens with one attached hydrogen (secondary N) is 1. The zero-order chi connectivity index (χ0) is 15.4. The van der Waals surface area contributed by atoms with E-state index in [1.165, 1.54) is 29.7 Å². The summed E-state index contributed by atoms with van der Waals surface area (Å²) in [7, 11) is 0. The van der Waals surface area contributed by atoms with E-state index in [9.17, 15) is 4.79 Å². The van der Waals surface area contributed by atoms with E-state index in [-0.39, 0.29) is 11.9 Å². The summed E-state index contributed by atoms with van der Waals surface area (Å²) < 4.78 is 0. The maximum absolute atomic E-state index is 12.2. The molecule has 1 amide bonds. The maximum Gasteiger partial charge on any atom is 0.259 e. The molecule has 22 heavy (non-hydrogen) atoms. The maximum atomic E-state index is 12.2. The van der Waals surface area contributed by atoms with Crippen molar-refractivity contribution >= 4 is 28.2 Å². The molecule has 2 heterocycles. The number of thiophene rings is 1. The third kappa shape index (κ3) is 3.51. The van der Waals surface area contributed by atoms with Crippen molar-refractivity contribution in [3.8, 4) is 0 Å². The molecular weight excluding hydrogens is 296 g/mol. The summed E-state index contributed by atoms with van der Waals surface area (Å²) in [5, 5.41) is 5.28. The Morgan fingerprint density at radius 3 is 3.00 bits per heavy atom. The number of hydrogen-bond donors (Lipinski definition) is 2. The molecule has 5 nitrogen and oxygen atoms in total. The van der Waals surface area contributed by atoms with Crippen LogP contribution in [0.2, 0.25) is 0 Å². The van der Waals surface area contributed by atoms with E-state index < -0.39 is 0 Å². The lowest BCUT2D eigenvalue weighted by molar-refractivity contribution is 0.0976. The molecule has 3 rings (SSSR count). The number of aliphatic imine (C=N–C) groups is 1. The Labute approximate surface area is 133 Å². The van der Waals surface area contributed by atoms with E-state index in [1.54, 1.807) is 6.20 Å². The molecule has 2 aromatic heterocycles. The number of rotatable bonds is 2. The van der Waals surface area contributed by atoms with Crippen molar-refractivity contribution in [1.82, 2.24) is 10.3 Å². The van der Waals surface area contributed by atoms with Crippen LogP contribution in [-0.4, -0.2) is 16.9 Å². The summed E-state index contributed by atoms with van der Waals surface area (Å²) in [5.41, 5.74) is 8.60. The normalized spacial score (nSPS) is 15.0. The molecule has 0 radical (unpaired) electrons. The highest BCUT2D eigenvalue weighted by Crippen LogP contribution is 2.20. The molecule has 2 aromatic rings. The minimum atomic E-state index is -0.266. The van der Waals surface area contributed by atoms with Gasteiger partial charge in [-0.05, 0) is 54.8 Å². The zero-order valence-electron chi connectivity index (χ0n) is 12.2. The van der Waals surface area contributed by atoms with E-state index in [4.69, 9.17) is 5.73 Å². The molecule has 0 saturated heterocycles. The Balaban J connectivity index is 1.73. The standard InChI is InChI=1S/C16H18N4OS/c17-16(19-14-7-4-8-22-14)20-15(21)12-9-11-5-2-1-3-6-13(11)18-10-12/h4,7-10H,1-3,5-6H2,(H3,17,19,20,21). The van der Waals surface area contributed by atoms with Crippen molar-refractivity contribution in [1.29, 1.82) is 0 Å². The molecule has 0 saturated carbocycles. The topological polar surface area (TPSA) is 80.4 Å². The summed E-state index contributed by atoms with van der Waals surface area (Å²) in [6.45, 7) is 0. The van der Waals surface area contributed by atoms with Crippen LogP contribution < -0.4 is 11.1 Å². The van der Waals surface area contributed by atoms with Gasteiger partial charge in [0.1, 0.15) is 5.00 Å². The zero-order valence-corrected chi connectivity index (χ0v) is 13.0. The molecule has 6 heteroatoms. The molecule has 0 fully saturated rings. The third-order valence-electron chi connectivity index (χ3n) is 3.66. The molecule has 0 aliphatic heterocycles. The van der Waals surface area contributed by atoms with Crippen LogP contribution >= 0.6 is 11.3 Å². The van der Waals surface area contributed by atoms with Gasteiger partial charge in [0, 0.05) is 11.9 Å². The Kier molecular flexibility index (Phi) is 4.48. The fourth-order valence-electron chi connectivity index (χ4n) is 2.56. The average molecular weight is 314 g/mol. The van der Waals surface area contributed by atoms with Gasteiger partial charge in [-0.3, -0.25) is 15.1 Å². The van der Waals surface area contributed by atoms with Crippen LogP contribution in [0.25, 0.3) is 0 Å². The van der Waals surface area contributed by atoms with Gasteiger partial charge in [-0.15, -0.1) is 11.3 Å². The number of aromatic nitrogens is 1. The predicted molar refractivity (Wildman–Crippen MR) is 88.6 cm³/mol. The van der Waals surface area contributed by atoms with Gasteiger partial charge in [-0.25, -0.2) is 4.99 Å². The van der Waals surface area contributed by atoms with Gasteiger partial charge in [0.15, 0.2) is 0 Å². The molecule has 1 aliphatic rings. The van der Waals surface area contributed by atoms with Gasteiger partial charge in [0.25, 0.3) is 5.91 Å². The molecule has 0 unspecified atom stereocenters. The lowest BCUT2D eigenvalue weighted by Gasteiger charge is -2.08. The summed E-state index contributed by atoms with van der Waals surface area (Å²) in [4.78, 5) is 20.8. The summed E-state index contributed by atoms with van der Waals surface area (Å²) in [5.74, 6) is -0.167. The Bertz CT molecular complexity index is 694. The first-order chi connectivity index (χ1) is 10.7. The van der Waals surface area contributed by atoms with Crippen LogP contribution in [0.1, 0.15) is 40.9 Å². The largest absolute Gasteiger partial charge is 0.369 e. The molecule has 0 aromatic carbocycles. The van der Waals surface area contributed by atoms with Gasteiger partial charge >= 0.3 is 0 Å². The lowest BCUT2D eigenvalue weighted by atomic mass is 10.1. The molecule has 0 spiro atoms. The molecular formula is C16H18N4OS. The predicted octanol–water partition coefficient (Wildman–Crippen LogP) is 2.79. The smallest absolute Gasteiger partial charge is 0.259 e. The van der Waals surface area contributed by atoms with Crippen molar-refractivity contribution in [3.63, 3.8) is 0 Å². The molecule has 1 aliphatic carbocycles. The highest BCUT2D eigenvalue weighted by Gasteiger charge is 2.14. The van der Waals surface area contributed by atoms with Gasteiger partial charge < -0.3 is 5.73 Å². The van der Waals surface area contributed by atoms with Crippen LogP contribution in [0.15, 0.2) is 34.8 Å². The van der Waals surface area contributed by atoms with Crippen LogP contribution in [0.5, 0.6) is 0 Å². The number of fused-ring (bicyclic) bond motifs is 1. The Morgan fingerprint density at radius 2 is 2.18 bits per heavy atom. The number of amides is 1. The first kappa shape index (κ1) is 14.7. The first-order valence-corrected chi connectivity index (χ1v) is 8.27. The van der Waals surface area contributed by atoms with Gasteiger partial charge in [0.05, 0.1) is 5.56 Å². The minimum absolute atomic E-state index is 0.0994. The second-order valence-corrected chi connectivity index (χ2v) is 6.22. The van der Waals surface area contributed by atoms with Crippen molar-refractivity contribution in [2.45, 2.75) is 32.1 Å². The summed E-state index contributed by atoms with van der Waals surface area (Å²) >= 11 is 1.46. The number of nitrogens with two attached hydrogens (primary N) is 1. The minimum Gasteiger partial charge on any atom is -0.369 e. The Hall–Kier alpha value is -2.21. The van der Waals surface area contributed by atoms with E-state index in [1.807, 2.05) is 23.6 Å². The number of guanidine groups is 1. The van der Waals surface area contributed by atoms with E-state index in [2.05, 4.69) is 15.3 Å². The monoisotopic (exact) mass is 314 g/mol.